The third kappa shape index (κ3) is 3.79. The van der Waals surface area contributed by atoms with Gasteiger partial charge in [0.25, 0.3) is 0 Å². The summed E-state index contributed by atoms with van der Waals surface area (Å²) in [5.74, 6) is 0. The van der Waals surface area contributed by atoms with Gasteiger partial charge in [0.05, 0.1) is 0 Å². The molecule has 2 heterocycles. The van der Waals surface area contributed by atoms with Gasteiger partial charge in [-0.1, -0.05) is 0 Å². The topological polar surface area (TPSA) is 46.5 Å². The number of amides is 1. The van der Waals surface area contributed by atoms with E-state index in [1.807, 2.05) is 20.8 Å². The second kappa shape index (κ2) is 5.72. The van der Waals surface area contributed by atoms with E-state index in [9.17, 15) is 4.79 Å². The third-order valence-electron chi connectivity index (χ3n) is 3.99. The quantitative estimate of drug-likeness (QED) is 0.930. The van der Waals surface area contributed by atoms with Crippen molar-refractivity contribution < 1.29 is 9.53 Å². The van der Waals surface area contributed by atoms with Crippen LogP contribution in [0.15, 0.2) is 6.07 Å². The van der Waals surface area contributed by atoms with Crippen LogP contribution in [0.3, 0.4) is 0 Å². The van der Waals surface area contributed by atoms with Gasteiger partial charge in [-0.15, -0.1) is 0 Å². The minimum atomic E-state index is -0.422. The number of carbonyl (C=O) groups excluding carboxylic acids is 1. The van der Waals surface area contributed by atoms with Gasteiger partial charge in [-0.05, 0) is 46.2 Å². The molecular weight excluding hydrogens is 266 g/mol. The zero-order valence-corrected chi connectivity index (χ0v) is 14.0. The van der Waals surface area contributed by atoms with Crippen LogP contribution in [0.5, 0.6) is 0 Å². The van der Waals surface area contributed by atoms with Crippen molar-refractivity contribution in [2.45, 2.75) is 52.8 Å². The van der Waals surface area contributed by atoms with Gasteiger partial charge < -0.3 is 19.5 Å². The summed E-state index contributed by atoms with van der Waals surface area (Å²) >= 11 is 0. The Morgan fingerprint density at radius 3 is 2.48 bits per heavy atom. The van der Waals surface area contributed by atoms with Gasteiger partial charge >= 0.3 is 6.09 Å². The number of nitrogens with one attached hydrogen (secondary N) is 1. The second-order valence-corrected chi connectivity index (χ2v) is 6.92. The van der Waals surface area contributed by atoms with E-state index in [0.29, 0.717) is 6.04 Å². The van der Waals surface area contributed by atoms with E-state index in [0.717, 1.165) is 19.6 Å². The molecule has 1 aromatic rings. The van der Waals surface area contributed by atoms with Crippen molar-refractivity contribution in [2.75, 3.05) is 13.1 Å². The summed E-state index contributed by atoms with van der Waals surface area (Å²) in [5.41, 5.74) is 3.47. The summed E-state index contributed by atoms with van der Waals surface area (Å²) in [4.78, 5) is 13.6. The number of aromatic nitrogens is 1. The number of aryl methyl sites for hydroxylation is 1. The van der Waals surface area contributed by atoms with Crippen LogP contribution in [0.4, 0.5) is 4.79 Å². The summed E-state index contributed by atoms with van der Waals surface area (Å²) in [6.07, 6.45) is -0.215. The highest BCUT2D eigenvalue weighted by Gasteiger charge is 2.33. The molecule has 1 amide bonds. The van der Waals surface area contributed by atoms with Crippen LogP contribution in [0.2, 0.25) is 0 Å². The standard InChI is InChI=1S/C16H27N3O2/c1-11-7-13(12(2)18(11)6)8-17-14-9-19(10-14)15(20)21-16(3,4)5/h7,14,17H,8-10H2,1-6H3. The predicted molar refractivity (Wildman–Crippen MR) is 83.3 cm³/mol. The van der Waals surface area contributed by atoms with Gasteiger partial charge in [-0.3, -0.25) is 0 Å². The van der Waals surface area contributed by atoms with Crippen LogP contribution < -0.4 is 5.32 Å². The molecule has 118 valence electrons. The van der Waals surface area contributed by atoms with Crippen molar-refractivity contribution in [3.05, 3.63) is 23.0 Å². The summed E-state index contributed by atoms with van der Waals surface area (Å²) in [5, 5.41) is 3.50. The monoisotopic (exact) mass is 293 g/mol. The van der Waals surface area contributed by atoms with Gasteiger partial charge in [0.15, 0.2) is 0 Å². The van der Waals surface area contributed by atoms with Gasteiger partial charge in [0.2, 0.25) is 0 Å². The summed E-state index contributed by atoms with van der Waals surface area (Å²) < 4.78 is 7.55. The Balaban J connectivity index is 1.76. The fourth-order valence-corrected chi connectivity index (χ4v) is 2.45. The van der Waals surface area contributed by atoms with Crippen LogP contribution in [-0.2, 0) is 18.3 Å². The molecule has 0 aromatic carbocycles. The maximum Gasteiger partial charge on any atom is 0.410 e. The molecule has 1 saturated heterocycles. The first kappa shape index (κ1) is 15.9. The number of carbonyl (C=O) groups is 1. The highest BCUT2D eigenvalue weighted by Crippen LogP contribution is 2.17. The van der Waals surface area contributed by atoms with E-state index < -0.39 is 5.60 Å². The molecule has 1 fully saturated rings. The van der Waals surface area contributed by atoms with Gasteiger partial charge in [-0.25, -0.2) is 4.79 Å². The van der Waals surface area contributed by atoms with E-state index in [1.165, 1.54) is 17.0 Å². The van der Waals surface area contributed by atoms with Gasteiger partial charge in [0, 0.05) is 44.1 Å². The van der Waals surface area contributed by atoms with Crippen LogP contribution in [0.25, 0.3) is 0 Å². The van der Waals surface area contributed by atoms with Crippen molar-refractivity contribution in [3.8, 4) is 0 Å². The van der Waals surface area contributed by atoms with Gasteiger partial charge in [-0.2, -0.15) is 0 Å². The van der Waals surface area contributed by atoms with Crippen LogP contribution in [0.1, 0.15) is 37.7 Å². The largest absolute Gasteiger partial charge is 0.444 e. The van der Waals surface area contributed by atoms with E-state index in [2.05, 4.69) is 36.8 Å². The molecule has 0 radical (unpaired) electrons. The van der Waals surface area contributed by atoms with E-state index in [4.69, 9.17) is 4.74 Å². The molecule has 1 aliphatic rings. The highest BCUT2D eigenvalue weighted by atomic mass is 16.6. The maximum atomic E-state index is 11.8. The van der Waals surface area contributed by atoms with E-state index >= 15 is 0 Å². The second-order valence-electron chi connectivity index (χ2n) is 6.92. The predicted octanol–water partition coefficient (Wildman–Crippen LogP) is 2.35. The summed E-state index contributed by atoms with van der Waals surface area (Å²) in [6, 6.07) is 2.57. The molecule has 1 aliphatic heterocycles. The molecule has 1 N–H and O–H groups in total. The smallest absolute Gasteiger partial charge is 0.410 e. The van der Waals surface area contributed by atoms with Crippen molar-refractivity contribution in [2.24, 2.45) is 7.05 Å². The Labute approximate surface area is 127 Å². The third-order valence-corrected chi connectivity index (χ3v) is 3.99. The zero-order chi connectivity index (χ0) is 15.8. The molecule has 0 aliphatic carbocycles. The first-order valence-electron chi connectivity index (χ1n) is 7.50. The Morgan fingerprint density at radius 2 is 2.00 bits per heavy atom. The fraction of sp³-hybridized carbons (Fsp3) is 0.688. The van der Waals surface area contributed by atoms with Gasteiger partial charge in [0.1, 0.15) is 5.60 Å². The number of nitrogens with zero attached hydrogens (tertiary/aromatic N) is 2. The number of hydrogen-bond acceptors (Lipinski definition) is 3. The van der Waals surface area contributed by atoms with Crippen molar-refractivity contribution in [1.82, 2.24) is 14.8 Å². The number of hydrogen-bond donors (Lipinski definition) is 1. The fourth-order valence-electron chi connectivity index (χ4n) is 2.45. The SMILES string of the molecule is Cc1cc(CNC2CN(C(=O)OC(C)(C)C)C2)c(C)n1C. The van der Waals surface area contributed by atoms with Crippen LogP contribution in [-0.4, -0.2) is 40.3 Å². The molecule has 21 heavy (non-hydrogen) atoms. The minimum Gasteiger partial charge on any atom is -0.444 e. The number of likely N-dealkylation sites (tertiary alicyclic amines) is 1. The van der Waals surface area contributed by atoms with Crippen molar-refractivity contribution in [1.29, 1.82) is 0 Å². The van der Waals surface area contributed by atoms with Crippen LogP contribution in [0, 0.1) is 13.8 Å². The molecule has 5 heteroatoms. The summed E-state index contributed by atoms with van der Waals surface area (Å²) in [7, 11) is 2.09. The molecule has 0 saturated carbocycles. The lowest BCUT2D eigenvalue weighted by molar-refractivity contribution is 0.00518. The Bertz CT molecular complexity index is 522. The minimum absolute atomic E-state index is 0.215. The lowest BCUT2D eigenvalue weighted by Gasteiger charge is -2.40. The molecule has 0 unspecified atom stereocenters. The highest BCUT2D eigenvalue weighted by molar-refractivity contribution is 5.69. The Hall–Kier alpha value is -1.49. The van der Waals surface area contributed by atoms with Crippen molar-refractivity contribution in [3.63, 3.8) is 0 Å². The Kier molecular flexibility index (Phi) is 4.33. The molecule has 0 bridgehead atoms. The lowest BCUT2D eigenvalue weighted by Crippen LogP contribution is -2.60. The van der Waals surface area contributed by atoms with Crippen molar-refractivity contribution >= 4 is 6.09 Å². The maximum absolute atomic E-state index is 11.8. The molecule has 2 rings (SSSR count). The Morgan fingerprint density at radius 1 is 1.38 bits per heavy atom. The number of rotatable bonds is 3. The average molecular weight is 293 g/mol. The summed E-state index contributed by atoms with van der Waals surface area (Å²) in [6.45, 7) is 12.2. The van der Waals surface area contributed by atoms with Crippen LogP contribution >= 0.6 is 0 Å². The lowest BCUT2D eigenvalue weighted by atomic mass is 10.1. The molecule has 0 spiro atoms. The van der Waals surface area contributed by atoms with E-state index in [-0.39, 0.29) is 6.09 Å². The first-order chi connectivity index (χ1) is 9.67. The number of ether oxygens (including phenoxy) is 1. The molecule has 5 nitrogen and oxygen atoms in total. The average Bonchev–Trinajstić information content (AvgIpc) is 2.52. The van der Waals surface area contributed by atoms with E-state index in [1.54, 1.807) is 4.90 Å². The molecule has 1 aromatic heterocycles. The zero-order valence-electron chi connectivity index (χ0n) is 14.0. The molecule has 0 atom stereocenters. The first-order valence-corrected chi connectivity index (χ1v) is 7.50. The normalized spacial score (nSPS) is 16.0. The molecular formula is C16H27N3O2.